The first-order valence-electron chi connectivity index (χ1n) is 8.21. The molecule has 2 aromatic carbocycles. The van der Waals surface area contributed by atoms with E-state index in [9.17, 15) is 14.7 Å². The molecular formula is C19H21N3O4. The lowest BCUT2D eigenvalue weighted by atomic mass is 10.2. The quantitative estimate of drug-likeness (QED) is 0.498. The Balaban J connectivity index is 1.75. The van der Waals surface area contributed by atoms with Gasteiger partial charge >= 0.3 is 0 Å². The highest BCUT2D eigenvalue weighted by Gasteiger charge is 2.06. The minimum Gasteiger partial charge on any atom is -0.504 e. The number of rotatable bonds is 8. The zero-order valence-electron chi connectivity index (χ0n) is 14.4. The van der Waals surface area contributed by atoms with Crippen LogP contribution in [0.3, 0.4) is 0 Å². The van der Waals surface area contributed by atoms with E-state index in [0.717, 1.165) is 0 Å². The number of aromatic hydroxyl groups is 1. The summed E-state index contributed by atoms with van der Waals surface area (Å²) in [6.45, 7) is 2.46. The molecule has 0 saturated carbocycles. The lowest BCUT2D eigenvalue weighted by Gasteiger charge is -2.06. The highest BCUT2D eigenvalue weighted by molar-refractivity contribution is 5.94. The van der Waals surface area contributed by atoms with E-state index in [1.807, 2.05) is 13.0 Å². The molecule has 7 heteroatoms. The molecule has 0 fully saturated rings. The number of ether oxygens (including phenoxy) is 1. The normalized spacial score (nSPS) is 10.5. The van der Waals surface area contributed by atoms with Gasteiger partial charge in [-0.2, -0.15) is 5.10 Å². The van der Waals surface area contributed by atoms with Crippen molar-refractivity contribution in [1.29, 1.82) is 0 Å². The molecule has 0 atom stereocenters. The van der Waals surface area contributed by atoms with Gasteiger partial charge in [-0.1, -0.05) is 18.2 Å². The molecule has 0 bridgehead atoms. The molecule has 0 unspecified atom stereocenters. The molecule has 0 aliphatic carbocycles. The van der Waals surface area contributed by atoms with E-state index in [0.29, 0.717) is 23.5 Å². The van der Waals surface area contributed by atoms with Crippen LogP contribution in [0.15, 0.2) is 53.6 Å². The van der Waals surface area contributed by atoms with Gasteiger partial charge in [0.15, 0.2) is 11.5 Å². The first-order valence-corrected chi connectivity index (χ1v) is 8.21. The van der Waals surface area contributed by atoms with Crippen molar-refractivity contribution in [2.75, 3.05) is 13.2 Å². The summed E-state index contributed by atoms with van der Waals surface area (Å²) in [4.78, 5) is 23.6. The Bertz CT molecular complexity index is 776. The van der Waals surface area contributed by atoms with Gasteiger partial charge in [0.25, 0.3) is 5.91 Å². The molecule has 26 heavy (non-hydrogen) atoms. The molecule has 0 heterocycles. The van der Waals surface area contributed by atoms with Crippen LogP contribution in [0.2, 0.25) is 0 Å². The number of carbonyl (C=O) groups is 2. The molecule has 2 rings (SSSR count). The van der Waals surface area contributed by atoms with E-state index in [-0.39, 0.29) is 30.5 Å². The van der Waals surface area contributed by atoms with Crippen molar-refractivity contribution < 1.29 is 19.4 Å². The van der Waals surface area contributed by atoms with Gasteiger partial charge in [-0.05, 0) is 42.8 Å². The van der Waals surface area contributed by atoms with Crippen molar-refractivity contribution in [2.45, 2.75) is 13.3 Å². The summed E-state index contributed by atoms with van der Waals surface area (Å²) in [5.74, 6) is -0.151. The van der Waals surface area contributed by atoms with Crippen molar-refractivity contribution in [3.05, 3.63) is 59.7 Å². The molecule has 0 spiro atoms. The van der Waals surface area contributed by atoms with Gasteiger partial charge in [0.2, 0.25) is 5.91 Å². The highest BCUT2D eigenvalue weighted by Crippen LogP contribution is 2.26. The summed E-state index contributed by atoms with van der Waals surface area (Å²) in [5, 5.41) is 16.2. The second-order valence-electron chi connectivity index (χ2n) is 5.33. The second kappa shape index (κ2) is 9.83. The average molecular weight is 355 g/mol. The van der Waals surface area contributed by atoms with Crippen molar-refractivity contribution >= 4 is 18.0 Å². The zero-order valence-corrected chi connectivity index (χ0v) is 14.4. The van der Waals surface area contributed by atoms with Gasteiger partial charge in [-0.15, -0.1) is 0 Å². The minimum absolute atomic E-state index is 0.0437. The first-order chi connectivity index (χ1) is 12.6. The number of carbonyl (C=O) groups excluding carboxylic acids is 2. The Morgan fingerprint density at radius 3 is 2.69 bits per heavy atom. The van der Waals surface area contributed by atoms with E-state index in [4.69, 9.17) is 4.74 Å². The number of amides is 2. The Kier molecular flexibility index (Phi) is 7.17. The molecule has 0 aromatic heterocycles. The Morgan fingerprint density at radius 1 is 1.19 bits per heavy atom. The number of benzene rings is 2. The van der Waals surface area contributed by atoms with Crippen LogP contribution in [0.25, 0.3) is 0 Å². The molecule has 2 aromatic rings. The van der Waals surface area contributed by atoms with Crippen LogP contribution in [0, 0.1) is 0 Å². The Morgan fingerprint density at radius 2 is 1.96 bits per heavy atom. The van der Waals surface area contributed by atoms with Gasteiger partial charge in [-0.25, -0.2) is 5.43 Å². The largest absolute Gasteiger partial charge is 0.504 e. The molecule has 2 amide bonds. The first kappa shape index (κ1) is 19.0. The Labute approximate surface area is 151 Å². The molecule has 136 valence electrons. The average Bonchev–Trinajstić information content (AvgIpc) is 2.65. The smallest absolute Gasteiger partial charge is 0.251 e. The third-order valence-corrected chi connectivity index (χ3v) is 3.36. The fraction of sp³-hybridized carbons (Fsp3) is 0.211. The van der Waals surface area contributed by atoms with Crippen molar-refractivity contribution in [1.82, 2.24) is 10.7 Å². The van der Waals surface area contributed by atoms with Crippen LogP contribution >= 0.6 is 0 Å². The van der Waals surface area contributed by atoms with Crippen molar-refractivity contribution in [3.63, 3.8) is 0 Å². The van der Waals surface area contributed by atoms with Crippen LogP contribution in [-0.2, 0) is 4.79 Å². The molecular weight excluding hydrogens is 334 g/mol. The summed E-state index contributed by atoms with van der Waals surface area (Å²) in [5.41, 5.74) is 3.60. The third kappa shape index (κ3) is 5.94. The maximum absolute atomic E-state index is 11.8. The van der Waals surface area contributed by atoms with E-state index >= 15 is 0 Å². The van der Waals surface area contributed by atoms with E-state index in [1.165, 1.54) is 12.3 Å². The standard InChI is InChI=1S/C19H21N3O4/c1-2-26-17-12-14(8-9-16(17)23)13-21-22-18(24)10-11-20-19(25)15-6-4-3-5-7-15/h3-9,12-13,23H,2,10-11H2,1H3,(H,20,25)(H,22,24)/b21-13-. The summed E-state index contributed by atoms with van der Waals surface area (Å²) in [6, 6.07) is 13.5. The van der Waals surface area contributed by atoms with Crippen LogP contribution in [0.5, 0.6) is 11.5 Å². The summed E-state index contributed by atoms with van der Waals surface area (Å²) < 4.78 is 5.28. The maximum Gasteiger partial charge on any atom is 0.251 e. The predicted molar refractivity (Wildman–Crippen MR) is 98.4 cm³/mol. The van der Waals surface area contributed by atoms with Gasteiger partial charge in [0.05, 0.1) is 12.8 Å². The number of hydrogen-bond acceptors (Lipinski definition) is 5. The maximum atomic E-state index is 11.8. The molecule has 7 nitrogen and oxygen atoms in total. The number of hydrazone groups is 1. The van der Waals surface area contributed by atoms with Crippen LogP contribution in [0.1, 0.15) is 29.3 Å². The molecule has 3 N–H and O–H groups in total. The lowest BCUT2D eigenvalue weighted by Crippen LogP contribution is -2.28. The van der Waals surface area contributed by atoms with Gasteiger partial charge < -0.3 is 15.2 Å². The number of hydrogen-bond donors (Lipinski definition) is 3. The summed E-state index contributed by atoms with van der Waals surface area (Å²) >= 11 is 0. The van der Waals surface area contributed by atoms with Crippen LogP contribution in [0.4, 0.5) is 0 Å². The monoisotopic (exact) mass is 355 g/mol. The van der Waals surface area contributed by atoms with Crippen LogP contribution < -0.4 is 15.5 Å². The number of nitrogens with zero attached hydrogens (tertiary/aromatic N) is 1. The Hall–Kier alpha value is -3.35. The second-order valence-corrected chi connectivity index (χ2v) is 5.33. The van der Waals surface area contributed by atoms with Gasteiger partial charge in [0.1, 0.15) is 0 Å². The summed E-state index contributed by atoms with van der Waals surface area (Å²) in [7, 11) is 0. The van der Waals surface area contributed by atoms with Crippen LogP contribution in [-0.4, -0.2) is 36.3 Å². The predicted octanol–water partition coefficient (Wildman–Crippen LogP) is 2.06. The topological polar surface area (TPSA) is 100 Å². The number of phenolic OH excluding ortho intramolecular Hbond substituents is 1. The molecule has 0 radical (unpaired) electrons. The summed E-state index contributed by atoms with van der Waals surface area (Å²) in [6.07, 6.45) is 1.55. The number of nitrogens with one attached hydrogen (secondary N) is 2. The van der Waals surface area contributed by atoms with E-state index in [1.54, 1.807) is 36.4 Å². The fourth-order valence-electron chi connectivity index (χ4n) is 2.10. The number of phenols is 1. The molecule has 0 aliphatic rings. The van der Waals surface area contributed by atoms with E-state index in [2.05, 4.69) is 15.8 Å². The fourth-order valence-corrected chi connectivity index (χ4v) is 2.10. The van der Waals surface area contributed by atoms with Crippen molar-refractivity contribution in [3.8, 4) is 11.5 Å². The van der Waals surface area contributed by atoms with E-state index < -0.39 is 0 Å². The molecule has 0 saturated heterocycles. The highest BCUT2D eigenvalue weighted by atomic mass is 16.5. The molecule has 0 aliphatic heterocycles. The van der Waals surface area contributed by atoms with Crippen molar-refractivity contribution in [2.24, 2.45) is 5.10 Å². The SMILES string of the molecule is CCOc1cc(/C=N\NC(=O)CCNC(=O)c2ccccc2)ccc1O. The van der Waals surface area contributed by atoms with Gasteiger partial charge in [0, 0.05) is 18.5 Å². The van der Waals surface area contributed by atoms with Gasteiger partial charge in [-0.3, -0.25) is 9.59 Å². The lowest BCUT2D eigenvalue weighted by molar-refractivity contribution is -0.120. The third-order valence-electron chi connectivity index (χ3n) is 3.36. The zero-order chi connectivity index (χ0) is 18.8. The minimum atomic E-state index is -0.321.